The zero-order valence-electron chi connectivity index (χ0n) is 40.1. The van der Waals surface area contributed by atoms with Gasteiger partial charge >= 0.3 is 0 Å². The average Bonchev–Trinajstić information content (AvgIpc) is 3.30. The molecule has 1 N–H and O–H groups in total. The molecule has 0 spiro atoms. The van der Waals surface area contributed by atoms with Gasteiger partial charge in [0.1, 0.15) is 0 Å². The highest BCUT2D eigenvalue weighted by Crippen LogP contribution is 2.44. The maximum absolute atomic E-state index is 14.5. The number of phenolic OH excluding ortho intramolecular Hbond substituents is 1. The smallest absolute Gasteiger partial charge is 0.204 e. The predicted octanol–water partition coefficient (Wildman–Crippen LogP) is 17.8. The van der Waals surface area contributed by atoms with Gasteiger partial charge in [0.25, 0.3) is 0 Å². The molecule has 6 rings (SSSR count). The molecule has 4 aliphatic rings. The molecule has 0 saturated heterocycles. The van der Waals surface area contributed by atoms with Gasteiger partial charge in [-0.15, -0.1) is 0 Å². The summed E-state index contributed by atoms with van der Waals surface area (Å²) < 4.78 is 70.3. The Morgan fingerprint density at radius 2 is 0.875 bits per heavy atom. The lowest BCUT2D eigenvalue weighted by Gasteiger charge is -2.38. The largest absolute Gasteiger partial charge is 0.505 e. The minimum atomic E-state index is -1.26. The molecule has 0 radical (unpaired) electrons. The van der Waals surface area contributed by atoms with E-state index < -0.39 is 29.0 Å². The van der Waals surface area contributed by atoms with Crippen molar-refractivity contribution in [1.82, 2.24) is 0 Å². The van der Waals surface area contributed by atoms with Crippen molar-refractivity contribution < 1.29 is 36.9 Å². The van der Waals surface area contributed by atoms with Gasteiger partial charge in [-0.05, 0) is 175 Å². The molecule has 0 heterocycles. The number of aryl methyl sites for hydroxylation is 2. The number of hydrogen-bond donors (Lipinski definition) is 1. The molecule has 4 nitrogen and oxygen atoms in total. The van der Waals surface area contributed by atoms with E-state index in [-0.39, 0.29) is 36.8 Å². The third-order valence-electron chi connectivity index (χ3n) is 15.3. The van der Waals surface area contributed by atoms with Crippen LogP contribution in [0.2, 0.25) is 0 Å². The Morgan fingerprint density at radius 1 is 0.500 bits per heavy atom. The zero-order chi connectivity index (χ0) is 45.7. The van der Waals surface area contributed by atoms with E-state index in [0.717, 1.165) is 54.3 Å². The van der Waals surface area contributed by atoms with Crippen molar-refractivity contribution in [2.24, 2.45) is 47.3 Å². The summed E-state index contributed by atoms with van der Waals surface area (Å²) in [5.41, 5.74) is 0.842. The molecule has 0 aromatic heterocycles. The summed E-state index contributed by atoms with van der Waals surface area (Å²) in [6.07, 6.45) is 34.2. The Bertz CT molecular complexity index is 1570. The molecule has 2 aromatic rings. The number of hydrogen-bond acceptors (Lipinski definition) is 4. The van der Waals surface area contributed by atoms with Gasteiger partial charge in [0.2, 0.25) is 23.3 Å². The average molecular weight is 970 g/mol. The van der Waals surface area contributed by atoms with E-state index in [1.54, 1.807) is 46.5 Å². The number of phenols is 1. The summed E-state index contributed by atoms with van der Waals surface area (Å²) in [5, 5.41) is 10.2. The molecule has 368 valence electrons. The predicted molar refractivity (Wildman–Crippen MR) is 262 cm³/mol. The van der Waals surface area contributed by atoms with Gasteiger partial charge < -0.3 is 19.3 Å². The van der Waals surface area contributed by atoms with Crippen molar-refractivity contribution in [3.63, 3.8) is 0 Å². The van der Waals surface area contributed by atoms with Crippen LogP contribution in [0.1, 0.15) is 200 Å². The van der Waals surface area contributed by atoms with Gasteiger partial charge in [0, 0.05) is 5.33 Å². The molecule has 9 heteroatoms. The van der Waals surface area contributed by atoms with E-state index >= 15 is 0 Å². The van der Waals surface area contributed by atoms with Crippen molar-refractivity contribution in [3.8, 4) is 23.0 Å². The quantitative estimate of drug-likeness (QED) is 0.0919. The maximum Gasteiger partial charge on any atom is 0.204 e. The molecule has 4 aliphatic carbocycles. The minimum absolute atomic E-state index is 0. The molecule has 0 bridgehead atoms. The van der Waals surface area contributed by atoms with E-state index in [2.05, 4.69) is 29.8 Å². The number of ether oxygens (including phenoxy) is 3. The number of aromatic hydroxyl groups is 1. The molecule has 2 aromatic carbocycles. The third-order valence-corrected chi connectivity index (χ3v) is 16.2. The van der Waals surface area contributed by atoms with Gasteiger partial charge in [-0.2, -0.15) is 17.6 Å². The van der Waals surface area contributed by atoms with Crippen molar-refractivity contribution in [1.29, 1.82) is 0 Å². The second-order valence-electron chi connectivity index (χ2n) is 19.8. The van der Waals surface area contributed by atoms with E-state index in [1.165, 1.54) is 140 Å². The van der Waals surface area contributed by atoms with Gasteiger partial charge in [-0.3, -0.25) is 0 Å². The van der Waals surface area contributed by atoms with E-state index in [0.29, 0.717) is 24.7 Å². The molecule has 4 fully saturated rings. The monoisotopic (exact) mass is 969 g/mol. The van der Waals surface area contributed by atoms with Crippen LogP contribution in [0.3, 0.4) is 0 Å². The Hall–Kier alpha value is -2.16. The highest BCUT2D eigenvalue weighted by molar-refractivity contribution is 9.09. The summed E-state index contributed by atoms with van der Waals surface area (Å²) in [6.45, 7) is 12.3. The van der Waals surface area contributed by atoms with E-state index in [9.17, 15) is 17.6 Å². The fourth-order valence-electron chi connectivity index (χ4n) is 11.2. The van der Waals surface area contributed by atoms with Crippen LogP contribution >= 0.6 is 15.9 Å². The Morgan fingerprint density at radius 3 is 1.27 bits per heavy atom. The molecular formula is C55H89BrF4O4. The first-order valence-corrected chi connectivity index (χ1v) is 26.7. The molecule has 0 aliphatic heterocycles. The Kier molecular flexibility index (Phi) is 26.6. The normalized spacial score (nSPS) is 25.7. The first-order chi connectivity index (χ1) is 30.4. The van der Waals surface area contributed by atoms with Crippen molar-refractivity contribution in [2.45, 2.75) is 203 Å². The lowest BCUT2D eigenvalue weighted by atomic mass is 9.69. The summed E-state index contributed by atoms with van der Waals surface area (Å²) in [4.78, 5) is 0. The summed E-state index contributed by atoms with van der Waals surface area (Å²) in [5.74, 6) is 2.33. The highest BCUT2D eigenvalue weighted by atomic mass is 79.9. The van der Waals surface area contributed by atoms with E-state index in [4.69, 9.17) is 19.3 Å². The first kappa shape index (κ1) is 56.2. The van der Waals surface area contributed by atoms with Crippen LogP contribution in [0, 0.1) is 84.5 Å². The van der Waals surface area contributed by atoms with Crippen LogP contribution in [0.25, 0.3) is 0 Å². The Balaban J connectivity index is 0.000000280. The standard InChI is InChI=1S/C27H42F2O2.C18H33Br.C9H10F2O2.CH4/c1-4-6-7-8-20-9-13-22(14-10-20)23-15-11-21(12-16-23)18-31-27-19(3)17-24(30-5-2)25(28)26(27)29;1-2-3-4-5-15-6-10-17(11-7-15)18-12-8-16(14-19)9-13-18;1-3-13-6-4-5(2)9(12)8(11)7(6)10;/h17,20-23H,4-16,18H2,1-3H3;15-18H,2-14H2,1H3;4,12H,3H2,1-2H3;1H4. The third kappa shape index (κ3) is 17.5. The van der Waals surface area contributed by atoms with Gasteiger partial charge in [0.15, 0.2) is 23.0 Å². The number of halogens is 5. The second kappa shape index (κ2) is 30.3. The fourth-order valence-corrected chi connectivity index (χ4v) is 11.9. The van der Waals surface area contributed by atoms with Crippen molar-refractivity contribution in [2.75, 3.05) is 25.2 Å². The lowest BCUT2D eigenvalue weighted by Crippen LogP contribution is -2.27. The molecule has 0 atom stereocenters. The van der Waals surface area contributed by atoms with Crippen molar-refractivity contribution >= 4 is 15.9 Å². The highest BCUT2D eigenvalue weighted by Gasteiger charge is 2.32. The number of benzene rings is 2. The van der Waals surface area contributed by atoms with Crippen LogP contribution in [-0.2, 0) is 0 Å². The van der Waals surface area contributed by atoms with Gasteiger partial charge in [-0.25, -0.2) is 0 Å². The van der Waals surface area contributed by atoms with Gasteiger partial charge in [0.05, 0.1) is 19.8 Å². The number of alkyl halides is 1. The van der Waals surface area contributed by atoms with Gasteiger partial charge in [-0.1, -0.05) is 114 Å². The maximum atomic E-state index is 14.5. The van der Waals surface area contributed by atoms with Crippen LogP contribution in [0.5, 0.6) is 23.0 Å². The molecule has 4 saturated carbocycles. The molecular weight excluding hydrogens is 880 g/mol. The summed E-state index contributed by atoms with van der Waals surface area (Å²) in [7, 11) is 0. The fraction of sp³-hybridized carbons (Fsp3) is 0.782. The van der Waals surface area contributed by atoms with E-state index in [1.807, 2.05) is 0 Å². The summed E-state index contributed by atoms with van der Waals surface area (Å²) in [6, 6.07) is 2.80. The Labute approximate surface area is 396 Å². The number of unbranched alkanes of at least 4 members (excludes halogenated alkanes) is 4. The molecule has 64 heavy (non-hydrogen) atoms. The van der Waals surface area contributed by atoms with Crippen LogP contribution in [-0.4, -0.2) is 30.3 Å². The van der Waals surface area contributed by atoms with Crippen molar-refractivity contribution in [3.05, 3.63) is 46.5 Å². The first-order valence-electron chi connectivity index (χ1n) is 25.5. The minimum Gasteiger partial charge on any atom is -0.505 e. The number of rotatable bonds is 18. The zero-order valence-corrected chi connectivity index (χ0v) is 41.7. The van der Waals surface area contributed by atoms with Crippen LogP contribution < -0.4 is 14.2 Å². The topological polar surface area (TPSA) is 47.9 Å². The lowest BCUT2D eigenvalue weighted by molar-refractivity contribution is 0.119. The second-order valence-corrected chi connectivity index (χ2v) is 20.4. The SMILES string of the molecule is C.CCCCCC1CCC(C2CCC(CBr)CC2)CC1.CCCCCC1CCC(C2CCC(COc3c(C)cc(OCC)c(F)c3F)CC2)CC1.CCOc1cc(C)c(O)c(F)c1F. The molecule has 0 unspecified atom stereocenters. The summed E-state index contributed by atoms with van der Waals surface area (Å²) >= 11 is 3.66. The van der Waals surface area contributed by atoms with Crippen LogP contribution in [0.15, 0.2) is 12.1 Å². The molecule has 0 amide bonds. The van der Waals surface area contributed by atoms with Crippen LogP contribution in [0.4, 0.5) is 17.6 Å².